The lowest BCUT2D eigenvalue weighted by Gasteiger charge is -2.12. The van der Waals surface area contributed by atoms with E-state index < -0.39 is 22.2 Å². The van der Waals surface area contributed by atoms with Gasteiger partial charge in [0.15, 0.2) is 0 Å². The highest BCUT2D eigenvalue weighted by atomic mass is 16.2. The van der Waals surface area contributed by atoms with E-state index in [9.17, 15) is 19.2 Å². The molecule has 0 aliphatic rings. The van der Waals surface area contributed by atoms with Crippen LogP contribution in [0.5, 0.6) is 0 Å². The molecule has 0 fully saturated rings. The fourth-order valence-corrected chi connectivity index (χ4v) is 4.24. The van der Waals surface area contributed by atoms with E-state index in [0.29, 0.717) is 10.8 Å². The smallest absolute Gasteiger partial charge is 0.258 e. The van der Waals surface area contributed by atoms with Gasteiger partial charge in [-0.2, -0.15) is 0 Å². The molecule has 0 unspecified atom stereocenters. The van der Waals surface area contributed by atoms with Crippen LogP contribution in [0.15, 0.2) is 55.6 Å². The molecule has 0 saturated carbocycles. The van der Waals surface area contributed by atoms with Gasteiger partial charge in [0.2, 0.25) is 0 Å². The summed E-state index contributed by atoms with van der Waals surface area (Å²) in [6.45, 7) is 0. The number of nitrogens with one attached hydrogen (secondary N) is 2. The van der Waals surface area contributed by atoms with Crippen molar-refractivity contribution in [1.82, 2.24) is 9.97 Å². The number of aromatic nitrogens is 2. The zero-order valence-corrected chi connectivity index (χ0v) is 13.1. The van der Waals surface area contributed by atoms with E-state index >= 15 is 0 Å². The number of benzene rings is 4. The minimum Gasteiger partial charge on any atom is -0.288 e. The van der Waals surface area contributed by atoms with Crippen LogP contribution in [0.4, 0.5) is 0 Å². The van der Waals surface area contributed by atoms with Crippen molar-refractivity contribution in [1.29, 1.82) is 0 Å². The average Bonchev–Trinajstić information content (AvgIpc) is 2.78. The third kappa shape index (κ3) is 1.35. The Labute approximate surface area is 142 Å². The summed E-state index contributed by atoms with van der Waals surface area (Å²) in [5.41, 5.74) is -2.24. The van der Waals surface area contributed by atoms with Gasteiger partial charge in [0.1, 0.15) is 0 Å². The van der Waals surface area contributed by atoms with Crippen LogP contribution in [0.2, 0.25) is 0 Å². The molecular formula is C20H8N2O4. The van der Waals surface area contributed by atoms with Gasteiger partial charge in [0.05, 0.1) is 0 Å². The van der Waals surface area contributed by atoms with Crippen LogP contribution in [-0.2, 0) is 0 Å². The molecule has 8 rings (SSSR count). The fraction of sp³-hybridized carbons (Fsp3) is 0. The summed E-state index contributed by atoms with van der Waals surface area (Å²) in [4.78, 5) is 55.6. The predicted octanol–water partition coefficient (Wildman–Crippen LogP) is 1.86. The second-order valence-electron chi connectivity index (χ2n) is 6.59. The number of hydrogen-bond donors (Lipinski definition) is 2. The van der Waals surface area contributed by atoms with E-state index in [4.69, 9.17) is 0 Å². The van der Waals surface area contributed by atoms with Crippen molar-refractivity contribution in [2.24, 2.45) is 0 Å². The molecule has 4 heterocycles. The van der Waals surface area contributed by atoms with Gasteiger partial charge in [0.25, 0.3) is 22.2 Å². The van der Waals surface area contributed by atoms with Gasteiger partial charge in [0, 0.05) is 32.3 Å². The normalized spacial score (nSPS) is 12.5. The minimum atomic E-state index is -0.561. The van der Waals surface area contributed by atoms with E-state index in [1.54, 1.807) is 36.4 Å². The quantitative estimate of drug-likeness (QED) is 0.412. The molecule has 26 heavy (non-hydrogen) atoms. The molecule has 6 nitrogen and oxygen atoms in total. The number of hydrogen-bond acceptors (Lipinski definition) is 4. The molecule has 0 atom stereocenters. The van der Waals surface area contributed by atoms with Gasteiger partial charge in [-0.05, 0) is 45.8 Å². The first-order valence-corrected chi connectivity index (χ1v) is 8.04. The summed E-state index contributed by atoms with van der Waals surface area (Å²) in [7, 11) is 0. The van der Waals surface area contributed by atoms with Crippen molar-refractivity contribution < 1.29 is 0 Å². The van der Waals surface area contributed by atoms with Crippen molar-refractivity contribution in [2.45, 2.75) is 0 Å². The van der Waals surface area contributed by atoms with Gasteiger partial charge in [-0.3, -0.25) is 29.1 Å². The van der Waals surface area contributed by atoms with Crippen LogP contribution < -0.4 is 22.2 Å². The predicted molar refractivity (Wildman–Crippen MR) is 101 cm³/mol. The lowest BCUT2D eigenvalue weighted by Crippen LogP contribution is -2.17. The molecule has 0 aliphatic heterocycles. The molecule has 2 N–H and O–H groups in total. The Morgan fingerprint density at radius 1 is 0.462 bits per heavy atom. The highest BCUT2D eigenvalue weighted by Crippen LogP contribution is 2.40. The summed E-state index contributed by atoms with van der Waals surface area (Å²) in [6, 6.07) is 10.1. The molecule has 0 spiro atoms. The van der Waals surface area contributed by atoms with E-state index in [-0.39, 0.29) is 21.5 Å². The Hall–Kier alpha value is -3.80. The van der Waals surface area contributed by atoms with Crippen molar-refractivity contribution in [3.63, 3.8) is 0 Å². The lowest BCUT2D eigenvalue weighted by atomic mass is 9.89. The number of H-pyrrole nitrogens is 2. The maximum atomic E-state index is 12.8. The molecule has 122 valence electrons. The van der Waals surface area contributed by atoms with Gasteiger partial charge in [-0.1, -0.05) is 12.1 Å². The Morgan fingerprint density at radius 2 is 0.846 bits per heavy atom. The van der Waals surface area contributed by atoms with E-state index in [2.05, 4.69) is 9.97 Å². The Morgan fingerprint density at radius 3 is 1.27 bits per heavy atom. The Bertz CT molecular complexity index is 1630. The molecular weight excluding hydrogens is 332 g/mol. The van der Waals surface area contributed by atoms with E-state index in [1.807, 2.05) is 0 Å². The van der Waals surface area contributed by atoms with Crippen LogP contribution in [0.1, 0.15) is 0 Å². The second-order valence-corrected chi connectivity index (χ2v) is 6.59. The molecule has 0 saturated heterocycles. The largest absolute Gasteiger partial charge is 0.288 e. The van der Waals surface area contributed by atoms with Gasteiger partial charge >= 0.3 is 0 Å². The highest BCUT2D eigenvalue weighted by molar-refractivity contribution is 6.35. The third-order valence-electron chi connectivity index (χ3n) is 5.30. The Kier molecular flexibility index (Phi) is 2.10. The van der Waals surface area contributed by atoms with Crippen molar-refractivity contribution >= 4 is 53.9 Å². The summed E-state index contributed by atoms with van der Waals surface area (Å²) in [5, 5.41) is 4.86. The number of aromatic amines is 2. The van der Waals surface area contributed by atoms with Gasteiger partial charge in [-0.25, -0.2) is 0 Å². The van der Waals surface area contributed by atoms with Crippen LogP contribution in [0.3, 0.4) is 0 Å². The zero-order chi connectivity index (χ0) is 17.7. The summed E-state index contributed by atoms with van der Waals surface area (Å²) < 4.78 is 0. The molecule has 4 aromatic heterocycles. The number of fused-ring (bicyclic) bond motifs is 6. The summed E-state index contributed by atoms with van der Waals surface area (Å²) >= 11 is 0. The Balaban J connectivity index is 2.40. The number of rotatable bonds is 0. The van der Waals surface area contributed by atoms with Crippen LogP contribution in [0, 0.1) is 0 Å². The molecule has 10 bridgehead atoms. The maximum Gasteiger partial charge on any atom is 0.258 e. The molecule has 8 aromatic rings. The maximum absolute atomic E-state index is 12.8. The molecule has 6 heteroatoms. The van der Waals surface area contributed by atoms with Gasteiger partial charge in [-0.15, -0.1) is 0 Å². The average molecular weight is 340 g/mol. The first-order chi connectivity index (χ1) is 12.5. The van der Waals surface area contributed by atoms with Crippen molar-refractivity contribution in [3.05, 3.63) is 77.8 Å². The molecule has 0 aliphatic carbocycles. The van der Waals surface area contributed by atoms with Crippen LogP contribution in [-0.4, -0.2) is 9.97 Å². The minimum absolute atomic E-state index is 0.242. The first-order valence-electron chi connectivity index (χ1n) is 8.04. The SMILES string of the molecule is O=c1[nH]c(=O)c2cc3ccc1c1c4cc5ccc(c(=O)[nH]c4=O)c2c5c31. The van der Waals surface area contributed by atoms with E-state index in [1.165, 1.54) is 0 Å². The summed E-state index contributed by atoms with van der Waals surface area (Å²) in [6.07, 6.45) is 0. The van der Waals surface area contributed by atoms with Gasteiger partial charge < -0.3 is 0 Å². The topological polar surface area (TPSA) is 99.9 Å². The third-order valence-corrected chi connectivity index (χ3v) is 5.30. The second kappa shape index (κ2) is 4.05. The van der Waals surface area contributed by atoms with Crippen LogP contribution in [0.25, 0.3) is 53.9 Å². The monoisotopic (exact) mass is 340 g/mol. The highest BCUT2D eigenvalue weighted by Gasteiger charge is 2.20. The fourth-order valence-electron chi connectivity index (χ4n) is 4.24. The van der Waals surface area contributed by atoms with Crippen LogP contribution >= 0.6 is 0 Å². The molecule has 0 amide bonds. The van der Waals surface area contributed by atoms with E-state index in [0.717, 1.165) is 21.5 Å². The van der Waals surface area contributed by atoms with Crippen molar-refractivity contribution in [2.75, 3.05) is 0 Å². The zero-order valence-electron chi connectivity index (χ0n) is 13.1. The molecule has 0 radical (unpaired) electrons. The molecule has 4 aromatic carbocycles. The lowest BCUT2D eigenvalue weighted by molar-refractivity contribution is 1.22. The van der Waals surface area contributed by atoms with Crippen molar-refractivity contribution in [3.8, 4) is 0 Å². The standard InChI is InChI=1S/C20H8N2O4/c23-17-9-3-1-7-5-11(19(25)21-17)16-10-4-2-8-6-12(20(26)22-18(10)24)15(9)13(7)14(8)16/h1-6H,(H,21,23,25)(H,22,24,26). The summed E-state index contributed by atoms with van der Waals surface area (Å²) in [5.74, 6) is 0. The first kappa shape index (κ1) is 13.5.